The van der Waals surface area contributed by atoms with Crippen LogP contribution in [-0.2, 0) is 7.05 Å². The van der Waals surface area contributed by atoms with Crippen molar-refractivity contribution in [2.75, 3.05) is 13.2 Å². The first-order valence-corrected chi connectivity index (χ1v) is 5.84. The molecule has 0 aromatic carbocycles. The molecule has 1 aromatic heterocycles. The molecule has 17 heavy (non-hydrogen) atoms. The topological polar surface area (TPSA) is 70.3 Å². The monoisotopic (exact) mass is 241 g/mol. The van der Waals surface area contributed by atoms with Gasteiger partial charge in [-0.3, -0.25) is 4.68 Å². The van der Waals surface area contributed by atoms with Crippen LogP contribution in [0.3, 0.4) is 0 Å². The third-order valence-corrected chi connectivity index (χ3v) is 3.26. The molecule has 0 saturated heterocycles. The van der Waals surface area contributed by atoms with Crippen LogP contribution in [-0.4, -0.2) is 38.7 Å². The first-order chi connectivity index (χ1) is 7.84. The minimum Gasteiger partial charge on any atom is -0.394 e. The molecule has 1 unspecified atom stereocenters. The SMILES string of the molecule is Cc1nn(C)c(C)c1C(C)NC(C)(CO)CO. The van der Waals surface area contributed by atoms with Gasteiger partial charge in [-0.15, -0.1) is 0 Å². The number of aliphatic hydroxyl groups excluding tert-OH is 2. The van der Waals surface area contributed by atoms with E-state index in [0.29, 0.717) is 0 Å². The predicted octanol–water partition coefficient (Wildman–Crippen LogP) is 0.431. The number of aliphatic hydroxyl groups is 2. The second kappa shape index (κ2) is 5.16. The molecule has 3 N–H and O–H groups in total. The van der Waals surface area contributed by atoms with E-state index in [1.54, 1.807) is 6.92 Å². The Morgan fingerprint density at radius 2 is 1.88 bits per heavy atom. The van der Waals surface area contributed by atoms with E-state index in [9.17, 15) is 10.2 Å². The number of nitrogens with zero attached hydrogens (tertiary/aromatic N) is 2. The smallest absolute Gasteiger partial charge is 0.0644 e. The van der Waals surface area contributed by atoms with Gasteiger partial charge in [0.25, 0.3) is 0 Å². The highest BCUT2D eigenvalue weighted by Crippen LogP contribution is 2.22. The third kappa shape index (κ3) is 2.86. The molecule has 0 spiro atoms. The van der Waals surface area contributed by atoms with Gasteiger partial charge in [-0.1, -0.05) is 0 Å². The van der Waals surface area contributed by atoms with Gasteiger partial charge >= 0.3 is 0 Å². The Hall–Kier alpha value is -0.910. The lowest BCUT2D eigenvalue weighted by Crippen LogP contribution is -2.50. The normalized spacial score (nSPS) is 14.1. The van der Waals surface area contributed by atoms with Gasteiger partial charge in [0.1, 0.15) is 0 Å². The van der Waals surface area contributed by atoms with E-state index >= 15 is 0 Å². The van der Waals surface area contributed by atoms with Crippen molar-refractivity contribution in [2.24, 2.45) is 7.05 Å². The minimum atomic E-state index is -0.672. The molecule has 0 bridgehead atoms. The van der Waals surface area contributed by atoms with Gasteiger partial charge in [0.2, 0.25) is 0 Å². The second-order valence-corrected chi connectivity index (χ2v) is 4.95. The molecular weight excluding hydrogens is 218 g/mol. The molecule has 1 aromatic rings. The molecule has 0 amide bonds. The highest BCUT2D eigenvalue weighted by atomic mass is 16.3. The van der Waals surface area contributed by atoms with E-state index in [4.69, 9.17) is 0 Å². The summed E-state index contributed by atoms with van der Waals surface area (Å²) < 4.78 is 1.85. The summed E-state index contributed by atoms with van der Waals surface area (Å²) in [7, 11) is 1.91. The van der Waals surface area contributed by atoms with Gasteiger partial charge in [0.15, 0.2) is 0 Å². The molecular formula is C12H23N3O2. The molecule has 5 nitrogen and oxygen atoms in total. The Morgan fingerprint density at radius 3 is 2.24 bits per heavy atom. The Bertz CT molecular complexity index is 383. The summed E-state index contributed by atoms with van der Waals surface area (Å²) in [4.78, 5) is 0. The van der Waals surface area contributed by atoms with Crippen molar-refractivity contribution in [1.82, 2.24) is 15.1 Å². The molecule has 0 aliphatic heterocycles. The molecule has 1 atom stereocenters. The highest BCUT2D eigenvalue weighted by Gasteiger charge is 2.27. The first-order valence-electron chi connectivity index (χ1n) is 5.84. The summed E-state index contributed by atoms with van der Waals surface area (Å²) in [5, 5.41) is 26.2. The lowest BCUT2D eigenvalue weighted by atomic mass is 9.99. The minimum absolute atomic E-state index is 0.0352. The summed E-state index contributed by atoms with van der Waals surface area (Å²) in [5.41, 5.74) is 2.53. The number of nitrogens with one attached hydrogen (secondary N) is 1. The standard InChI is InChI=1S/C12H23N3O2/c1-8(13-12(4,6-16)7-17)11-9(2)14-15(5)10(11)3/h8,13,16-17H,6-7H2,1-5H3. The number of aromatic nitrogens is 2. The molecule has 1 rings (SSSR count). The molecule has 0 saturated carbocycles. The predicted molar refractivity (Wildman–Crippen MR) is 66.8 cm³/mol. The lowest BCUT2D eigenvalue weighted by Gasteiger charge is -2.30. The van der Waals surface area contributed by atoms with E-state index in [1.165, 1.54) is 0 Å². The van der Waals surface area contributed by atoms with Crippen molar-refractivity contribution in [3.8, 4) is 0 Å². The van der Waals surface area contributed by atoms with E-state index in [1.807, 2.05) is 32.5 Å². The lowest BCUT2D eigenvalue weighted by molar-refractivity contribution is 0.0956. The molecule has 5 heteroatoms. The van der Waals surface area contributed by atoms with Crippen LogP contribution in [0.1, 0.15) is 36.8 Å². The number of aryl methyl sites for hydroxylation is 2. The molecule has 0 fully saturated rings. The van der Waals surface area contributed by atoms with Crippen LogP contribution >= 0.6 is 0 Å². The average molecular weight is 241 g/mol. The Labute approximate surface area is 102 Å². The summed E-state index contributed by atoms with van der Waals surface area (Å²) >= 11 is 0. The van der Waals surface area contributed by atoms with Crippen LogP contribution in [0.5, 0.6) is 0 Å². The summed E-state index contributed by atoms with van der Waals surface area (Å²) in [6, 6.07) is 0.0352. The zero-order valence-corrected chi connectivity index (χ0v) is 11.3. The fourth-order valence-electron chi connectivity index (χ4n) is 2.15. The van der Waals surface area contributed by atoms with E-state index < -0.39 is 5.54 Å². The summed E-state index contributed by atoms with van der Waals surface area (Å²) in [5.74, 6) is 0. The van der Waals surface area contributed by atoms with Gasteiger partial charge < -0.3 is 15.5 Å². The van der Waals surface area contributed by atoms with E-state index in [-0.39, 0.29) is 19.3 Å². The zero-order valence-electron chi connectivity index (χ0n) is 11.3. The largest absolute Gasteiger partial charge is 0.394 e. The summed E-state index contributed by atoms with van der Waals surface area (Å²) in [6.07, 6.45) is 0. The van der Waals surface area contributed by atoms with Gasteiger partial charge in [-0.25, -0.2) is 0 Å². The van der Waals surface area contributed by atoms with Crippen LogP contribution in [0.25, 0.3) is 0 Å². The van der Waals surface area contributed by atoms with Crippen LogP contribution in [0.2, 0.25) is 0 Å². The van der Waals surface area contributed by atoms with Gasteiger partial charge in [0, 0.05) is 24.3 Å². The highest BCUT2D eigenvalue weighted by molar-refractivity contribution is 5.28. The van der Waals surface area contributed by atoms with Crippen LogP contribution in [0, 0.1) is 13.8 Å². The maximum absolute atomic E-state index is 9.28. The molecule has 0 aliphatic carbocycles. The maximum atomic E-state index is 9.28. The third-order valence-electron chi connectivity index (χ3n) is 3.26. The second-order valence-electron chi connectivity index (χ2n) is 4.95. The Balaban J connectivity index is 2.93. The fourth-order valence-corrected chi connectivity index (χ4v) is 2.15. The maximum Gasteiger partial charge on any atom is 0.0644 e. The van der Waals surface area contributed by atoms with Gasteiger partial charge in [-0.2, -0.15) is 5.10 Å². The van der Waals surface area contributed by atoms with Crippen LogP contribution < -0.4 is 5.32 Å². The van der Waals surface area contributed by atoms with Crippen LogP contribution in [0.4, 0.5) is 0 Å². The molecule has 1 heterocycles. The van der Waals surface area contributed by atoms with Crippen molar-refractivity contribution in [3.63, 3.8) is 0 Å². The number of rotatable bonds is 5. The van der Waals surface area contributed by atoms with Crippen molar-refractivity contribution in [1.29, 1.82) is 0 Å². The molecule has 98 valence electrons. The van der Waals surface area contributed by atoms with Crippen molar-refractivity contribution in [2.45, 2.75) is 39.3 Å². The average Bonchev–Trinajstić information content (AvgIpc) is 2.53. The Kier molecular flexibility index (Phi) is 4.30. The van der Waals surface area contributed by atoms with Gasteiger partial charge in [0.05, 0.1) is 24.4 Å². The first kappa shape index (κ1) is 14.2. The number of hydrogen-bond donors (Lipinski definition) is 3. The van der Waals surface area contributed by atoms with Crippen LogP contribution in [0.15, 0.2) is 0 Å². The molecule has 0 aliphatic rings. The van der Waals surface area contributed by atoms with Gasteiger partial charge in [-0.05, 0) is 27.7 Å². The molecule has 0 radical (unpaired) electrons. The summed E-state index contributed by atoms with van der Waals surface area (Å²) in [6.45, 7) is 7.59. The Morgan fingerprint density at radius 1 is 1.35 bits per heavy atom. The number of hydrogen-bond acceptors (Lipinski definition) is 4. The quantitative estimate of drug-likeness (QED) is 0.699. The van der Waals surface area contributed by atoms with E-state index in [0.717, 1.165) is 17.0 Å². The fraction of sp³-hybridized carbons (Fsp3) is 0.750. The van der Waals surface area contributed by atoms with E-state index in [2.05, 4.69) is 10.4 Å². The van der Waals surface area contributed by atoms with Crippen molar-refractivity contribution >= 4 is 0 Å². The van der Waals surface area contributed by atoms with Crippen molar-refractivity contribution < 1.29 is 10.2 Å². The van der Waals surface area contributed by atoms with Crippen molar-refractivity contribution in [3.05, 3.63) is 17.0 Å². The zero-order chi connectivity index (χ0) is 13.2.